The highest BCUT2D eigenvalue weighted by Gasteiger charge is 2.21. The zero-order valence-corrected chi connectivity index (χ0v) is 11.9. The van der Waals surface area contributed by atoms with E-state index >= 15 is 0 Å². The third-order valence-corrected chi connectivity index (χ3v) is 2.72. The minimum absolute atomic E-state index is 0.0689. The van der Waals surface area contributed by atoms with Gasteiger partial charge in [-0.3, -0.25) is 0 Å². The predicted octanol–water partition coefficient (Wildman–Crippen LogP) is 3.10. The molecule has 20 heavy (non-hydrogen) atoms. The Kier molecular flexibility index (Phi) is 5.76. The van der Waals surface area contributed by atoms with E-state index in [1.165, 1.54) is 12.1 Å². The summed E-state index contributed by atoms with van der Waals surface area (Å²) in [6.07, 6.45) is 0.284. The molecule has 3 N–H and O–H groups in total. The maximum absolute atomic E-state index is 13.5. The van der Waals surface area contributed by atoms with Crippen molar-refractivity contribution in [2.24, 2.45) is 5.92 Å². The summed E-state index contributed by atoms with van der Waals surface area (Å²) >= 11 is 5.59. The number of halogens is 2. The molecular formula is C13H16ClFN2O3. The Morgan fingerprint density at radius 3 is 2.55 bits per heavy atom. The van der Waals surface area contributed by atoms with E-state index in [1.807, 2.05) is 13.8 Å². The van der Waals surface area contributed by atoms with Crippen LogP contribution in [0.25, 0.3) is 0 Å². The smallest absolute Gasteiger partial charge is 0.326 e. The second-order valence-corrected chi connectivity index (χ2v) is 5.18. The monoisotopic (exact) mass is 302 g/mol. The van der Waals surface area contributed by atoms with E-state index in [1.54, 1.807) is 0 Å². The number of carboxylic acid groups (broad SMARTS) is 1. The minimum atomic E-state index is -1.13. The standard InChI is InChI=1S/C13H16ClFN2O3/c1-7(2)5-11(12(18)19)17-13(20)16-10-4-3-8(14)6-9(10)15/h3-4,6-7,11H,5H2,1-2H3,(H,18,19)(H2,16,17,20). The van der Waals surface area contributed by atoms with Gasteiger partial charge in [-0.2, -0.15) is 0 Å². The molecule has 0 aliphatic heterocycles. The van der Waals surface area contributed by atoms with Gasteiger partial charge >= 0.3 is 12.0 Å². The van der Waals surface area contributed by atoms with Crippen molar-refractivity contribution in [3.63, 3.8) is 0 Å². The highest BCUT2D eigenvalue weighted by atomic mass is 35.5. The van der Waals surface area contributed by atoms with E-state index in [0.717, 1.165) is 6.07 Å². The number of rotatable bonds is 5. The third-order valence-electron chi connectivity index (χ3n) is 2.49. The number of nitrogens with one attached hydrogen (secondary N) is 2. The number of hydrogen-bond donors (Lipinski definition) is 3. The molecule has 0 aromatic heterocycles. The molecule has 0 saturated carbocycles. The molecule has 2 amide bonds. The highest BCUT2D eigenvalue weighted by molar-refractivity contribution is 6.30. The summed E-state index contributed by atoms with van der Waals surface area (Å²) in [4.78, 5) is 22.7. The van der Waals surface area contributed by atoms with Crippen LogP contribution in [-0.4, -0.2) is 23.1 Å². The van der Waals surface area contributed by atoms with Gasteiger partial charge in [-0.05, 0) is 30.5 Å². The molecule has 0 aliphatic rings. The molecule has 7 heteroatoms. The molecule has 0 fully saturated rings. The lowest BCUT2D eigenvalue weighted by Gasteiger charge is -2.17. The van der Waals surface area contributed by atoms with Crippen molar-refractivity contribution in [3.05, 3.63) is 29.0 Å². The average molecular weight is 303 g/mol. The SMILES string of the molecule is CC(C)CC(NC(=O)Nc1ccc(Cl)cc1F)C(=O)O. The molecule has 0 radical (unpaired) electrons. The Morgan fingerprint density at radius 1 is 1.40 bits per heavy atom. The van der Waals surface area contributed by atoms with Gasteiger partial charge < -0.3 is 15.7 Å². The molecule has 1 aromatic rings. The lowest BCUT2D eigenvalue weighted by molar-refractivity contribution is -0.139. The summed E-state index contributed by atoms with van der Waals surface area (Å²) in [5.74, 6) is -1.72. The van der Waals surface area contributed by atoms with Crippen molar-refractivity contribution in [3.8, 4) is 0 Å². The molecule has 5 nitrogen and oxygen atoms in total. The Bertz CT molecular complexity index is 508. The van der Waals surface area contributed by atoms with Crippen LogP contribution >= 0.6 is 11.6 Å². The van der Waals surface area contributed by atoms with E-state index < -0.39 is 23.9 Å². The van der Waals surface area contributed by atoms with E-state index in [0.29, 0.717) is 0 Å². The minimum Gasteiger partial charge on any atom is -0.480 e. The molecule has 110 valence electrons. The lowest BCUT2D eigenvalue weighted by atomic mass is 10.0. The van der Waals surface area contributed by atoms with Crippen molar-refractivity contribution in [1.82, 2.24) is 5.32 Å². The second-order valence-electron chi connectivity index (χ2n) is 4.74. The third kappa shape index (κ3) is 5.05. The van der Waals surface area contributed by atoms with Crippen molar-refractivity contribution in [2.45, 2.75) is 26.3 Å². The summed E-state index contributed by atoms with van der Waals surface area (Å²) in [7, 11) is 0. The number of amides is 2. The van der Waals surface area contributed by atoms with Gasteiger partial charge in [0.05, 0.1) is 5.69 Å². The Balaban J connectivity index is 2.68. The van der Waals surface area contributed by atoms with Crippen LogP contribution in [0, 0.1) is 11.7 Å². The van der Waals surface area contributed by atoms with E-state index in [4.69, 9.17) is 16.7 Å². The molecule has 0 aliphatic carbocycles. The first kappa shape index (κ1) is 16.2. The Morgan fingerprint density at radius 2 is 2.05 bits per heavy atom. The van der Waals surface area contributed by atoms with Gasteiger partial charge in [0.15, 0.2) is 0 Å². The van der Waals surface area contributed by atoms with E-state index in [-0.39, 0.29) is 23.0 Å². The summed E-state index contributed by atoms with van der Waals surface area (Å²) in [6.45, 7) is 3.68. The van der Waals surface area contributed by atoms with Crippen LogP contribution in [0.2, 0.25) is 5.02 Å². The zero-order chi connectivity index (χ0) is 15.3. The van der Waals surface area contributed by atoms with Crippen LogP contribution in [0.15, 0.2) is 18.2 Å². The lowest BCUT2D eigenvalue weighted by Crippen LogP contribution is -2.43. The van der Waals surface area contributed by atoms with Gasteiger partial charge in [0.2, 0.25) is 0 Å². The first-order chi connectivity index (χ1) is 9.29. The number of hydrogen-bond acceptors (Lipinski definition) is 2. The van der Waals surface area contributed by atoms with Crippen molar-refractivity contribution < 1.29 is 19.1 Å². The Labute approximate surface area is 121 Å². The number of carboxylic acids is 1. The van der Waals surface area contributed by atoms with Crippen LogP contribution in [-0.2, 0) is 4.79 Å². The first-order valence-electron chi connectivity index (χ1n) is 6.05. The predicted molar refractivity (Wildman–Crippen MR) is 74.4 cm³/mol. The fraction of sp³-hybridized carbons (Fsp3) is 0.385. The maximum atomic E-state index is 13.5. The highest BCUT2D eigenvalue weighted by Crippen LogP contribution is 2.18. The summed E-state index contributed by atoms with van der Waals surface area (Å²) < 4.78 is 13.5. The molecule has 1 aromatic carbocycles. The molecule has 1 unspecified atom stereocenters. The van der Waals surface area contributed by atoms with Crippen molar-refractivity contribution in [1.29, 1.82) is 0 Å². The van der Waals surface area contributed by atoms with Gasteiger partial charge in [-0.1, -0.05) is 25.4 Å². The number of anilines is 1. The number of carbonyl (C=O) groups excluding carboxylic acids is 1. The van der Waals surface area contributed by atoms with Crippen molar-refractivity contribution in [2.75, 3.05) is 5.32 Å². The molecule has 1 rings (SSSR count). The van der Waals surface area contributed by atoms with Gasteiger partial charge in [0, 0.05) is 5.02 Å². The molecule has 0 spiro atoms. The zero-order valence-electron chi connectivity index (χ0n) is 11.1. The number of aliphatic carboxylic acids is 1. The Hall–Kier alpha value is -1.82. The van der Waals surface area contributed by atoms with Crippen LogP contribution in [0.3, 0.4) is 0 Å². The normalized spacial score (nSPS) is 12.1. The maximum Gasteiger partial charge on any atom is 0.326 e. The van der Waals surface area contributed by atoms with Crippen LogP contribution in [0.1, 0.15) is 20.3 Å². The van der Waals surface area contributed by atoms with Gasteiger partial charge in [-0.15, -0.1) is 0 Å². The number of urea groups is 1. The van der Waals surface area contributed by atoms with Crippen LogP contribution in [0.5, 0.6) is 0 Å². The van der Waals surface area contributed by atoms with Crippen LogP contribution < -0.4 is 10.6 Å². The van der Waals surface area contributed by atoms with Crippen LogP contribution in [0.4, 0.5) is 14.9 Å². The number of benzene rings is 1. The number of carbonyl (C=O) groups is 2. The summed E-state index contributed by atoms with van der Waals surface area (Å²) in [5.41, 5.74) is -0.0689. The second kappa shape index (κ2) is 7.09. The van der Waals surface area contributed by atoms with E-state index in [9.17, 15) is 14.0 Å². The molecule has 0 bridgehead atoms. The summed E-state index contributed by atoms with van der Waals surface area (Å²) in [5, 5.41) is 13.7. The van der Waals surface area contributed by atoms with Crippen molar-refractivity contribution >= 4 is 29.3 Å². The first-order valence-corrected chi connectivity index (χ1v) is 6.42. The molecular weight excluding hydrogens is 287 g/mol. The van der Waals surface area contributed by atoms with E-state index in [2.05, 4.69) is 10.6 Å². The molecule has 0 saturated heterocycles. The van der Waals surface area contributed by atoms with Gasteiger partial charge in [0.1, 0.15) is 11.9 Å². The molecule has 0 heterocycles. The fourth-order valence-corrected chi connectivity index (χ4v) is 1.76. The molecule has 1 atom stereocenters. The van der Waals surface area contributed by atoms with Gasteiger partial charge in [-0.25, -0.2) is 14.0 Å². The quantitative estimate of drug-likeness (QED) is 0.782. The fourth-order valence-electron chi connectivity index (χ4n) is 1.60. The average Bonchev–Trinajstić information content (AvgIpc) is 2.31. The topological polar surface area (TPSA) is 78.4 Å². The van der Waals surface area contributed by atoms with Gasteiger partial charge in [0.25, 0.3) is 0 Å². The largest absolute Gasteiger partial charge is 0.480 e. The summed E-state index contributed by atoms with van der Waals surface area (Å²) in [6, 6.07) is 1.98.